The fraction of sp³-hybridized carbons (Fsp3) is 1.00. The Bertz CT molecular complexity index is 209. The molecule has 12 heavy (non-hydrogen) atoms. The molecule has 0 atom stereocenters. The van der Waals surface area contributed by atoms with Crippen LogP contribution in [0.25, 0.3) is 0 Å². The summed E-state index contributed by atoms with van der Waals surface area (Å²) in [7, 11) is 0. The van der Waals surface area contributed by atoms with Crippen LogP contribution in [-0.2, 0) is 0 Å². The van der Waals surface area contributed by atoms with Gasteiger partial charge in [-0.2, -0.15) is 0 Å². The van der Waals surface area contributed by atoms with Crippen LogP contribution in [0, 0.1) is 0 Å². The van der Waals surface area contributed by atoms with Crippen LogP contribution in [-0.4, -0.2) is 16.6 Å². The topological polar surface area (TPSA) is 0 Å². The van der Waals surface area contributed by atoms with Crippen LogP contribution in [0.1, 0.15) is 33.1 Å². The van der Waals surface area contributed by atoms with E-state index >= 15 is 0 Å². The molecule has 0 aromatic rings. The molecule has 0 aromatic heterocycles. The zero-order valence-corrected chi connectivity index (χ0v) is 10.8. The van der Waals surface area contributed by atoms with Crippen LogP contribution in [0.4, 0.5) is 5.78 Å². The number of rotatable bonds is 0. The van der Waals surface area contributed by atoms with Crippen LogP contribution in [0.2, 0.25) is 17.9 Å². The van der Waals surface area contributed by atoms with Crippen molar-refractivity contribution in [1.29, 1.82) is 0 Å². The van der Waals surface area contributed by atoms with Crippen LogP contribution in [0.3, 0.4) is 0 Å². The SMILES string of the molecule is CC1(C)CCCC[Te]1(C)(C)(F)F. The van der Waals surface area contributed by atoms with Gasteiger partial charge in [-0.1, -0.05) is 0 Å². The summed E-state index contributed by atoms with van der Waals surface area (Å²) in [6.07, 6.45) is 2.42. The summed E-state index contributed by atoms with van der Waals surface area (Å²) in [5.74, 6) is 0. The third kappa shape index (κ3) is 1.40. The summed E-state index contributed by atoms with van der Waals surface area (Å²) >= 11 is -5.58. The molecule has 1 saturated heterocycles. The van der Waals surface area contributed by atoms with E-state index in [1.54, 1.807) is 13.8 Å². The number of hydrogen-bond acceptors (Lipinski definition) is 0. The third-order valence-electron chi connectivity index (χ3n) is 3.75. The van der Waals surface area contributed by atoms with Crippen LogP contribution < -0.4 is 0 Å². The van der Waals surface area contributed by atoms with Crippen LogP contribution >= 0.6 is 0 Å². The van der Waals surface area contributed by atoms with E-state index in [0.717, 1.165) is 12.8 Å². The summed E-state index contributed by atoms with van der Waals surface area (Å²) in [4.78, 5) is 2.61. The van der Waals surface area contributed by atoms with E-state index in [0.29, 0.717) is 6.42 Å². The van der Waals surface area contributed by atoms with Gasteiger partial charge in [0.15, 0.2) is 0 Å². The van der Waals surface area contributed by atoms with Gasteiger partial charge >= 0.3 is 73.3 Å². The molecule has 0 nitrogen and oxygen atoms in total. The zero-order chi connectivity index (χ0) is 9.74. The molecule has 0 spiro atoms. The molecule has 1 fully saturated rings. The Labute approximate surface area is 73.4 Å². The fourth-order valence-electron chi connectivity index (χ4n) is 1.75. The second-order valence-corrected chi connectivity index (χ2v) is 24.6. The van der Waals surface area contributed by atoms with Gasteiger partial charge in [-0.15, -0.1) is 0 Å². The van der Waals surface area contributed by atoms with Crippen molar-refractivity contribution in [2.24, 2.45) is 0 Å². The average molecular weight is 294 g/mol. The molecule has 1 rings (SSSR count). The molecular formula is C9H20F2Te. The molecule has 1 heterocycles. The van der Waals surface area contributed by atoms with E-state index in [9.17, 15) is 5.78 Å². The first-order chi connectivity index (χ1) is 4.98. The molecule has 0 N–H and O–H groups in total. The first kappa shape index (κ1) is 10.7. The van der Waals surface area contributed by atoms with Gasteiger partial charge in [0.05, 0.1) is 0 Å². The van der Waals surface area contributed by atoms with E-state index in [-0.39, 0.29) is 4.47 Å². The maximum absolute atomic E-state index is 14.5. The Hall–Kier alpha value is 0.650. The normalized spacial score (nSPS) is 41.5. The fourth-order valence-corrected chi connectivity index (χ4v) is 9.02. The minimum atomic E-state index is -5.58. The van der Waals surface area contributed by atoms with Gasteiger partial charge in [-0.25, -0.2) is 0 Å². The molecule has 76 valence electrons. The molecule has 0 aliphatic carbocycles. The summed E-state index contributed by atoms with van der Waals surface area (Å²) in [6.45, 7) is 3.52. The van der Waals surface area contributed by atoms with E-state index in [1.807, 2.05) is 0 Å². The summed E-state index contributed by atoms with van der Waals surface area (Å²) in [5, 5.41) is 0. The summed E-state index contributed by atoms with van der Waals surface area (Å²) in [6, 6.07) is 0. The monoisotopic (exact) mass is 296 g/mol. The van der Waals surface area contributed by atoms with Crippen molar-refractivity contribution in [3.63, 3.8) is 0 Å². The Morgan fingerprint density at radius 3 is 1.83 bits per heavy atom. The molecule has 0 saturated carbocycles. The Morgan fingerprint density at radius 2 is 1.58 bits per heavy atom. The zero-order valence-electron chi connectivity index (χ0n) is 8.49. The molecule has 1 aliphatic rings. The van der Waals surface area contributed by atoms with Gasteiger partial charge in [0, 0.05) is 0 Å². The number of hydrogen-bond donors (Lipinski definition) is 0. The molecule has 0 bridgehead atoms. The molecule has 3 heteroatoms. The molecule has 0 unspecified atom stereocenters. The van der Waals surface area contributed by atoms with Gasteiger partial charge in [-0.05, 0) is 0 Å². The van der Waals surface area contributed by atoms with Gasteiger partial charge in [-0.3, -0.25) is 0 Å². The molecule has 1 aliphatic heterocycles. The van der Waals surface area contributed by atoms with Crippen molar-refractivity contribution in [3.05, 3.63) is 0 Å². The first-order valence-electron chi connectivity index (χ1n) is 4.47. The van der Waals surface area contributed by atoms with Gasteiger partial charge in [0.1, 0.15) is 0 Å². The van der Waals surface area contributed by atoms with E-state index < -0.39 is 20.0 Å². The van der Waals surface area contributed by atoms with E-state index in [4.69, 9.17) is 0 Å². The van der Waals surface area contributed by atoms with E-state index in [2.05, 4.69) is 0 Å². The molecule has 0 aromatic carbocycles. The number of halogens is 2. The van der Waals surface area contributed by atoms with Crippen molar-refractivity contribution in [2.45, 2.75) is 51.0 Å². The van der Waals surface area contributed by atoms with Crippen molar-refractivity contribution in [2.75, 3.05) is 0 Å². The summed E-state index contributed by atoms with van der Waals surface area (Å²) < 4.78 is 28.6. The van der Waals surface area contributed by atoms with Crippen molar-refractivity contribution >= 4 is 16.6 Å². The molecule has 0 radical (unpaired) electrons. The van der Waals surface area contributed by atoms with Gasteiger partial charge in [0.25, 0.3) is 0 Å². The van der Waals surface area contributed by atoms with Gasteiger partial charge < -0.3 is 0 Å². The second kappa shape index (κ2) is 2.01. The maximum atomic E-state index is 14.5. The molecular weight excluding hydrogens is 274 g/mol. The quantitative estimate of drug-likeness (QED) is 0.577. The second-order valence-electron chi connectivity index (χ2n) is 5.51. The minimum absolute atomic E-state index is 0.203. The predicted octanol–water partition coefficient (Wildman–Crippen LogP) is 4.50. The summed E-state index contributed by atoms with van der Waals surface area (Å²) in [5.41, 5.74) is 0. The predicted molar refractivity (Wildman–Crippen MR) is 52.4 cm³/mol. The van der Waals surface area contributed by atoms with Crippen molar-refractivity contribution in [3.8, 4) is 0 Å². The Morgan fingerprint density at radius 1 is 1.08 bits per heavy atom. The van der Waals surface area contributed by atoms with Crippen LogP contribution in [0.15, 0.2) is 0 Å². The van der Waals surface area contributed by atoms with Crippen LogP contribution in [0.5, 0.6) is 0 Å². The standard InChI is InChI=1S/C9H20F2Te/c1-9(2)7-5-6-8-12(9,3,4,10)11/h5-8H2,1-4H3. The Balaban J connectivity index is 3.19. The third-order valence-corrected chi connectivity index (χ3v) is 19.9. The van der Waals surface area contributed by atoms with E-state index in [1.165, 1.54) is 9.94 Å². The molecule has 0 amide bonds. The first-order valence-corrected chi connectivity index (χ1v) is 13.7. The van der Waals surface area contributed by atoms with Gasteiger partial charge in [0.2, 0.25) is 0 Å². The average Bonchev–Trinajstić information content (AvgIpc) is 1.75. The van der Waals surface area contributed by atoms with Crippen molar-refractivity contribution < 1.29 is 5.78 Å². The van der Waals surface area contributed by atoms with Crippen molar-refractivity contribution in [1.82, 2.24) is 0 Å². The Kier molecular flexibility index (Phi) is 1.80.